The van der Waals surface area contributed by atoms with Gasteiger partial charge in [0.15, 0.2) is 5.65 Å². The van der Waals surface area contributed by atoms with Crippen molar-refractivity contribution in [1.82, 2.24) is 15.0 Å². The molecule has 0 amide bonds. The van der Waals surface area contributed by atoms with Gasteiger partial charge in [0.2, 0.25) is 0 Å². The second-order valence-corrected chi connectivity index (χ2v) is 5.32. The van der Waals surface area contributed by atoms with Crippen molar-refractivity contribution in [1.29, 1.82) is 0 Å². The highest BCUT2D eigenvalue weighted by Crippen LogP contribution is 2.23. The largest absolute Gasteiger partial charge is 0.356 e. The van der Waals surface area contributed by atoms with E-state index >= 15 is 0 Å². The molecule has 0 N–H and O–H groups in total. The molecule has 1 unspecified atom stereocenters. The molecule has 1 aliphatic heterocycles. The van der Waals surface area contributed by atoms with Crippen molar-refractivity contribution in [3.63, 3.8) is 0 Å². The van der Waals surface area contributed by atoms with Crippen LogP contribution in [0.3, 0.4) is 0 Å². The van der Waals surface area contributed by atoms with Crippen molar-refractivity contribution >= 4 is 32.9 Å². The van der Waals surface area contributed by atoms with E-state index in [0.29, 0.717) is 0 Å². The Balaban J connectivity index is 1.89. The second kappa shape index (κ2) is 5.18. The van der Waals surface area contributed by atoms with Gasteiger partial charge in [0.25, 0.3) is 0 Å². The summed E-state index contributed by atoms with van der Waals surface area (Å²) in [7, 11) is 0. The number of fused-ring (bicyclic) bond motifs is 1. The zero-order valence-corrected chi connectivity index (χ0v) is 11.7. The quantitative estimate of drug-likeness (QED) is 0.800. The average molecular weight is 307 g/mol. The molecule has 0 aliphatic carbocycles. The predicted molar refractivity (Wildman–Crippen MR) is 76.1 cm³/mol. The number of nitrogens with zero attached hydrogens (tertiary/aromatic N) is 4. The van der Waals surface area contributed by atoms with Crippen LogP contribution in [0.2, 0.25) is 0 Å². The van der Waals surface area contributed by atoms with Gasteiger partial charge in [0.1, 0.15) is 11.3 Å². The lowest BCUT2D eigenvalue weighted by molar-refractivity contribution is 0.453. The molecule has 94 valence electrons. The van der Waals surface area contributed by atoms with E-state index in [9.17, 15) is 0 Å². The van der Waals surface area contributed by atoms with Crippen molar-refractivity contribution in [2.75, 3.05) is 23.3 Å². The zero-order chi connectivity index (χ0) is 12.4. The van der Waals surface area contributed by atoms with E-state index < -0.39 is 0 Å². The standard InChI is InChI=1S/C13H15BrN4/c14-8-10-2-1-7-18(9-10)12-4-3-11-13(17-12)16-6-5-15-11/h3-6,10H,1-2,7-9H2. The molecule has 3 heterocycles. The molecule has 1 aliphatic rings. The molecule has 3 rings (SSSR count). The summed E-state index contributed by atoms with van der Waals surface area (Å²) in [5.74, 6) is 1.74. The fourth-order valence-corrected chi connectivity index (χ4v) is 2.95. The first-order valence-corrected chi connectivity index (χ1v) is 7.37. The molecule has 2 aromatic rings. The van der Waals surface area contributed by atoms with E-state index in [0.717, 1.165) is 41.3 Å². The first-order valence-electron chi connectivity index (χ1n) is 6.25. The number of rotatable bonds is 2. The third-order valence-corrected chi connectivity index (χ3v) is 4.29. The molecule has 1 atom stereocenters. The lowest BCUT2D eigenvalue weighted by atomic mass is 10.0. The van der Waals surface area contributed by atoms with Gasteiger partial charge in [0, 0.05) is 30.8 Å². The molecule has 18 heavy (non-hydrogen) atoms. The van der Waals surface area contributed by atoms with Crippen LogP contribution in [-0.4, -0.2) is 33.4 Å². The molecule has 0 saturated carbocycles. The lowest BCUT2D eigenvalue weighted by Crippen LogP contribution is -2.36. The van der Waals surface area contributed by atoms with Gasteiger partial charge < -0.3 is 4.90 Å². The summed E-state index contributed by atoms with van der Waals surface area (Å²) < 4.78 is 0. The molecule has 0 aromatic carbocycles. The fraction of sp³-hybridized carbons (Fsp3) is 0.462. The van der Waals surface area contributed by atoms with E-state index in [2.05, 4.69) is 35.8 Å². The van der Waals surface area contributed by atoms with Crippen molar-refractivity contribution in [3.8, 4) is 0 Å². The van der Waals surface area contributed by atoms with Crippen LogP contribution in [-0.2, 0) is 0 Å². The number of halogens is 1. The minimum absolute atomic E-state index is 0.720. The third kappa shape index (κ3) is 2.32. The Kier molecular flexibility index (Phi) is 3.41. The Morgan fingerprint density at radius 2 is 2.17 bits per heavy atom. The molecule has 0 radical (unpaired) electrons. The van der Waals surface area contributed by atoms with E-state index in [4.69, 9.17) is 0 Å². The van der Waals surface area contributed by atoms with Gasteiger partial charge in [0.05, 0.1) is 0 Å². The third-order valence-electron chi connectivity index (χ3n) is 3.38. The minimum atomic E-state index is 0.720. The van der Waals surface area contributed by atoms with Gasteiger partial charge in [-0.2, -0.15) is 0 Å². The van der Waals surface area contributed by atoms with E-state index in [-0.39, 0.29) is 0 Å². The highest BCUT2D eigenvalue weighted by atomic mass is 79.9. The Morgan fingerprint density at radius 3 is 3.06 bits per heavy atom. The van der Waals surface area contributed by atoms with Gasteiger partial charge in [-0.05, 0) is 30.9 Å². The Morgan fingerprint density at radius 1 is 1.28 bits per heavy atom. The van der Waals surface area contributed by atoms with E-state index in [1.165, 1.54) is 12.8 Å². The average Bonchev–Trinajstić information content (AvgIpc) is 2.47. The van der Waals surface area contributed by atoms with Crippen LogP contribution in [0, 0.1) is 5.92 Å². The van der Waals surface area contributed by atoms with Crippen LogP contribution in [0.4, 0.5) is 5.82 Å². The topological polar surface area (TPSA) is 41.9 Å². The number of anilines is 1. The number of hydrogen-bond acceptors (Lipinski definition) is 4. The van der Waals surface area contributed by atoms with Crippen molar-refractivity contribution in [2.24, 2.45) is 5.92 Å². The van der Waals surface area contributed by atoms with Crippen LogP contribution < -0.4 is 4.90 Å². The lowest BCUT2D eigenvalue weighted by Gasteiger charge is -2.32. The van der Waals surface area contributed by atoms with Crippen LogP contribution in [0.1, 0.15) is 12.8 Å². The molecule has 2 aromatic heterocycles. The number of hydrogen-bond donors (Lipinski definition) is 0. The first kappa shape index (κ1) is 11.8. The maximum atomic E-state index is 4.60. The second-order valence-electron chi connectivity index (χ2n) is 4.68. The summed E-state index contributed by atoms with van der Waals surface area (Å²) in [6, 6.07) is 4.05. The van der Waals surface area contributed by atoms with Gasteiger partial charge in [-0.25, -0.2) is 9.97 Å². The summed E-state index contributed by atoms with van der Waals surface area (Å²) in [6.07, 6.45) is 5.92. The summed E-state index contributed by atoms with van der Waals surface area (Å²) in [6.45, 7) is 2.16. The number of pyridine rings is 1. The predicted octanol–water partition coefficient (Wildman–Crippen LogP) is 2.64. The van der Waals surface area contributed by atoms with Gasteiger partial charge >= 0.3 is 0 Å². The molecule has 0 spiro atoms. The molecule has 4 nitrogen and oxygen atoms in total. The smallest absolute Gasteiger partial charge is 0.180 e. The zero-order valence-electron chi connectivity index (χ0n) is 10.1. The summed E-state index contributed by atoms with van der Waals surface area (Å²) >= 11 is 3.58. The molecule has 5 heteroatoms. The number of aromatic nitrogens is 3. The molecule has 1 fully saturated rings. The molecule has 1 saturated heterocycles. The monoisotopic (exact) mass is 306 g/mol. The van der Waals surface area contributed by atoms with Gasteiger partial charge in [-0.1, -0.05) is 15.9 Å². The Bertz CT molecular complexity index is 545. The van der Waals surface area contributed by atoms with Crippen molar-refractivity contribution in [2.45, 2.75) is 12.8 Å². The van der Waals surface area contributed by atoms with Gasteiger partial charge in [-0.3, -0.25) is 4.98 Å². The fourth-order valence-electron chi connectivity index (χ4n) is 2.42. The highest BCUT2D eigenvalue weighted by molar-refractivity contribution is 9.09. The van der Waals surface area contributed by atoms with Crippen molar-refractivity contribution < 1.29 is 0 Å². The van der Waals surface area contributed by atoms with Crippen LogP contribution in [0.5, 0.6) is 0 Å². The number of alkyl halides is 1. The van der Waals surface area contributed by atoms with Crippen molar-refractivity contribution in [3.05, 3.63) is 24.5 Å². The van der Waals surface area contributed by atoms with E-state index in [1.807, 2.05) is 12.1 Å². The summed E-state index contributed by atoms with van der Waals surface area (Å²) in [5, 5.41) is 1.07. The number of piperidine rings is 1. The Hall–Kier alpha value is -1.23. The normalized spacial score (nSPS) is 20.3. The SMILES string of the molecule is BrCC1CCCN(c2ccc3nccnc3n2)C1. The van der Waals surface area contributed by atoms with Gasteiger partial charge in [-0.15, -0.1) is 0 Å². The maximum Gasteiger partial charge on any atom is 0.180 e. The van der Waals surface area contributed by atoms with Crippen LogP contribution >= 0.6 is 15.9 Å². The molecular weight excluding hydrogens is 292 g/mol. The molecule has 0 bridgehead atoms. The van der Waals surface area contributed by atoms with E-state index in [1.54, 1.807) is 12.4 Å². The maximum absolute atomic E-state index is 4.60. The first-order chi connectivity index (χ1) is 8.86. The Labute approximate surface area is 115 Å². The minimum Gasteiger partial charge on any atom is -0.356 e. The summed E-state index contributed by atoms with van der Waals surface area (Å²) in [5.41, 5.74) is 1.59. The van der Waals surface area contributed by atoms with Crippen LogP contribution in [0.25, 0.3) is 11.2 Å². The highest BCUT2D eigenvalue weighted by Gasteiger charge is 2.20. The molecular formula is C13H15BrN4. The van der Waals surface area contributed by atoms with Crippen LogP contribution in [0.15, 0.2) is 24.5 Å². The summed E-state index contributed by atoms with van der Waals surface area (Å²) in [4.78, 5) is 15.5.